The van der Waals surface area contributed by atoms with Crippen LogP contribution < -0.4 is 19.1 Å². The van der Waals surface area contributed by atoms with Crippen LogP contribution >= 0.6 is 0 Å². The van der Waals surface area contributed by atoms with Crippen LogP contribution in [-0.4, -0.2) is 45.9 Å². The van der Waals surface area contributed by atoms with Crippen molar-refractivity contribution in [3.05, 3.63) is 18.2 Å². The molecule has 0 aromatic heterocycles. The molecular formula is C16H24N2O5S. The third-order valence-electron chi connectivity index (χ3n) is 3.82. The minimum absolute atomic E-state index is 0.0102. The van der Waals surface area contributed by atoms with Gasteiger partial charge in [-0.25, -0.2) is 8.42 Å². The Kier molecular flexibility index (Phi) is 5.93. The molecule has 1 aliphatic heterocycles. The van der Waals surface area contributed by atoms with E-state index in [-0.39, 0.29) is 24.2 Å². The Labute approximate surface area is 143 Å². The van der Waals surface area contributed by atoms with Crippen LogP contribution in [0.15, 0.2) is 18.2 Å². The zero-order valence-electron chi connectivity index (χ0n) is 14.2. The molecule has 1 atom stereocenters. The molecule has 0 unspecified atom stereocenters. The van der Waals surface area contributed by atoms with Gasteiger partial charge in [0, 0.05) is 12.1 Å². The summed E-state index contributed by atoms with van der Waals surface area (Å²) < 4.78 is 36.9. The van der Waals surface area contributed by atoms with Crippen LogP contribution in [0.4, 0.5) is 5.69 Å². The third-order valence-corrected chi connectivity index (χ3v) is 5.56. The highest BCUT2D eigenvalue weighted by Crippen LogP contribution is 2.34. The molecule has 1 aromatic rings. The third kappa shape index (κ3) is 4.31. The van der Waals surface area contributed by atoms with Gasteiger partial charge in [0.1, 0.15) is 19.8 Å². The largest absolute Gasteiger partial charge is 0.486 e. The maximum atomic E-state index is 12.4. The number of fused-ring (bicyclic) bond motifs is 1. The standard InChI is InChI=1S/C16H24N2O5S/c1-4-12(3)17-16(19)11-18(24(20,21)5-2)13-6-7-14-15(10-13)23-9-8-22-14/h6-7,10,12H,4-5,8-9,11H2,1-3H3,(H,17,19)/t12-/m0/s1. The Balaban J connectivity index is 2.28. The van der Waals surface area contributed by atoms with Crippen molar-refractivity contribution in [3.8, 4) is 11.5 Å². The zero-order chi connectivity index (χ0) is 17.7. The van der Waals surface area contributed by atoms with E-state index >= 15 is 0 Å². The molecule has 0 aliphatic carbocycles. The lowest BCUT2D eigenvalue weighted by Crippen LogP contribution is -2.44. The number of hydrogen-bond acceptors (Lipinski definition) is 5. The summed E-state index contributed by atoms with van der Waals surface area (Å²) in [7, 11) is -3.60. The van der Waals surface area contributed by atoms with E-state index < -0.39 is 10.0 Å². The molecule has 0 spiro atoms. The first-order chi connectivity index (χ1) is 11.4. The fourth-order valence-electron chi connectivity index (χ4n) is 2.25. The van der Waals surface area contributed by atoms with Gasteiger partial charge in [0.05, 0.1) is 11.4 Å². The fourth-order valence-corrected chi connectivity index (χ4v) is 3.31. The van der Waals surface area contributed by atoms with E-state index in [1.54, 1.807) is 25.1 Å². The monoisotopic (exact) mass is 356 g/mol. The Hall–Kier alpha value is -1.96. The first-order valence-electron chi connectivity index (χ1n) is 8.06. The first-order valence-corrected chi connectivity index (χ1v) is 9.67. The summed E-state index contributed by atoms with van der Waals surface area (Å²) in [6.07, 6.45) is 0.774. The van der Waals surface area contributed by atoms with Crippen LogP contribution in [0.2, 0.25) is 0 Å². The molecule has 0 fully saturated rings. The maximum absolute atomic E-state index is 12.4. The van der Waals surface area contributed by atoms with Crippen molar-refractivity contribution in [2.75, 3.05) is 29.8 Å². The summed E-state index contributed by atoms with van der Waals surface area (Å²) in [6.45, 7) is 5.98. The van der Waals surface area contributed by atoms with Crippen molar-refractivity contribution in [1.29, 1.82) is 0 Å². The molecule has 1 heterocycles. The molecule has 0 bridgehead atoms. The Morgan fingerprint density at radius 1 is 1.25 bits per heavy atom. The quantitative estimate of drug-likeness (QED) is 0.801. The smallest absolute Gasteiger partial charge is 0.240 e. The molecule has 1 aromatic carbocycles. The van der Waals surface area contributed by atoms with Gasteiger partial charge in [-0.1, -0.05) is 6.92 Å². The Morgan fingerprint density at radius 3 is 2.54 bits per heavy atom. The summed E-state index contributed by atoms with van der Waals surface area (Å²) in [6, 6.07) is 4.87. The van der Waals surface area contributed by atoms with Gasteiger partial charge in [-0.2, -0.15) is 0 Å². The van der Waals surface area contributed by atoms with Crippen molar-refractivity contribution in [2.24, 2.45) is 0 Å². The molecule has 1 amide bonds. The van der Waals surface area contributed by atoms with E-state index in [4.69, 9.17) is 9.47 Å². The summed E-state index contributed by atoms with van der Waals surface area (Å²) in [5, 5.41) is 2.79. The van der Waals surface area contributed by atoms with Crippen LogP contribution in [0.25, 0.3) is 0 Å². The lowest BCUT2D eigenvalue weighted by Gasteiger charge is -2.26. The highest BCUT2D eigenvalue weighted by molar-refractivity contribution is 7.92. The summed E-state index contributed by atoms with van der Waals surface area (Å²) >= 11 is 0. The highest BCUT2D eigenvalue weighted by Gasteiger charge is 2.25. The van der Waals surface area contributed by atoms with Crippen LogP contribution in [0, 0.1) is 0 Å². The Bertz CT molecular complexity index is 690. The van der Waals surface area contributed by atoms with E-state index in [1.165, 1.54) is 0 Å². The number of sulfonamides is 1. The van der Waals surface area contributed by atoms with Crippen LogP contribution in [-0.2, 0) is 14.8 Å². The molecule has 2 rings (SSSR count). The minimum atomic E-state index is -3.60. The maximum Gasteiger partial charge on any atom is 0.240 e. The summed E-state index contributed by atoms with van der Waals surface area (Å²) in [4.78, 5) is 12.2. The molecule has 0 saturated carbocycles. The predicted molar refractivity (Wildman–Crippen MR) is 92.1 cm³/mol. The number of carbonyl (C=O) groups excluding carboxylic acids is 1. The second-order valence-corrected chi connectivity index (χ2v) is 7.79. The number of nitrogens with zero attached hydrogens (tertiary/aromatic N) is 1. The van der Waals surface area contributed by atoms with Crippen molar-refractivity contribution in [3.63, 3.8) is 0 Å². The summed E-state index contributed by atoms with van der Waals surface area (Å²) in [5.74, 6) is 0.620. The first kappa shape index (κ1) is 18.4. The molecule has 7 nitrogen and oxygen atoms in total. The van der Waals surface area contributed by atoms with Gasteiger partial charge in [-0.05, 0) is 32.4 Å². The number of anilines is 1. The van der Waals surface area contributed by atoms with E-state index in [0.29, 0.717) is 30.4 Å². The average molecular weight is 356 g/mol. The normalized spacial score (nSPS) is 14.8. The van der Waals surface area contributed by atoms with Crippen molar-refractivity contribution in [2.45, 2.75) is 33.2 Å². The van der Waals surface area contributed by atoms with Crippen molar-refractivity contribution in [1.82, 2.24) is 5.32 Å². The van der Waals surface area contributed by atoms with Gasteiger partial charge in [-0.3, -0.25) is 9.10 Å². The molecule has 8 heteroatoms. The number of ether oxygens (including phenoxy) is 2. The van der Waals surface area contributed by atoms with Gasteiger partial charge in [0.25, 0.3) is 0 Å². The zero-order valence-corrected chi connectivity index (χ0v) is 15.1. The lowest BCUT2D eigenvalue weighted by atomic mass is 10.2. The highest BCUT2D eigenvalue weighted by atomic mass is 32.2. The van der Waals surface area contributed by atoms with Crippen molar-refractivity contribution < 1.29 is 22.7 Å². The number of rotatable bonds is 7. The predicted octanol–water partition coefficient (Wildman–Crippen LogP) is 1.53. The number of carbonyl (C=O) groups is 1. The molecule has 1 aliphatic rings. The minimum Gasteiger partial charge on any atom is -0.486 e. The fraction of sp³-hybridized carbons (Fsp3) is 0.562. The molecule has 24 heavy (non-hydrogen) atoms. The topological polar surface area (TPSA) is 84.9 Å². The Morgan fingerprint density at radius 2 is 1.92 bits per heavy atom. The van der Waals surface area contributed by atoms with Crippen LogP contribution in [0.5, 0.6) is 11.5 Å². The average Bonchev–Trinajstić information content (AvgIpc) is 2.59. The van der Waals surface area contributed by atoms with Gasteiger partial charge in [-0.15, -0.1) is 0 Å². The number of amides is 1. The number of nitrogens with one attached hydrogen (secondary N) is 1. The second kappa shape index (κ2) is 7.74. The van der Waals surface area contributed by atoms with E-state index in [1.807, 2.05) is 13.8 Å². The van der Waals surface area contributed by atoms with Gasteiger partial charge < -0.3 is 14.8 Å². The molecule has 134 valence electrons. The van der Waals surface area contributed by atoms with E-state index in [0.717, 1.165) is 10.7 Å². The van der Waals surface area contributed by atoms with Gasteiger partial charge in [0.15, 0.2) is 11.5 Å². The molecular weight excluding hydrogens is 332 g/mol. The van der Waals surface area contributed by atoms with Crippen molar-refractivity contribution >= 4 is 21.6 Å². The lowest BCUT2D eigenvalue weighted by molar-refractivity contribution is -0.120. The second-order valence-electron chi connectivity index (χ2n) is 5.61. The van der Waals surface area contributed by atoms with E-state index in [2.05, 4.69) is 5.32 Å². The number of hydrogen-bond donors (Lipinski definition) is 1. The molecule has 0 saturated heterocycles. The van der Waals surface area contributed by atoms with E-state index in [9.17, 15) is 13.2 Å². The van der Waals surface area contributed by atoms with Gasteiger partial charge in [0.2, 0.25) is 15.9 Å². The SMILES string of the molecule is CC[C@H](C)NC(=O)CN(c1ccc2c(c1)OCCO2)S(=O)(=O)CC. The van der Waals surface area contributed by atoms with Crippen LogP contribution in [0.1, 0.15) is 27.2 Å². The molecule has 1 N–H and O–H groups in total. The van der Waals surface area contributed by atoms with Gasteiger partial charge >= 0.3 is 0 Å². The molecule has 0 radical (unpaired) electrons. The number of benzene rings is 1. The summed E-state index contributed by atoms with van der Waals surface area (Å²) in [5.41, 5.74) is 0.389. The van der Waals surface area contributed by atoms with Crippen LogP contribution in [0.3, 0.4) is 0 Å².